The van der Waals surface area contributed by atoms with Gasteiger partial charge in [-0.15, -0.1) is 0 Å². The van der Waals surface area contributed by atoms with E-state index in [0.717, 1.165) is 41.2 Å². The highest BCUT2D eigenvalue weighted by Gasteiger charge is 2.14. The van der Waals surface area contributed by atoms with E-state index in [0.29, 0.717) is 0 Å². The first-order chi connectivity index (χ1) is 8.90. The van der Waals surface area contributed by atoms with Gasteiger partial charge >= 0.3 is 0 Å². The fraction of sp³-hybridized carbons (Fsp3) is 0.143. The van der Waals surface area contributed by atoms with Gasteiger partial charge in [-0.2, -0.15) is 0 Å². The number of ether oxygens (including phenoxy) is 1. The van der Waals surface area contributed by atoms with Gasteiger partial charge in [0.05, 0.1) is 23.8 Å². The third-order valence-corrected chi connectivity index (χ3v) is 3.25. The molecule has 18 heavy (non-hydrogen) atoms. The van der Waals surface area contributed by atoms with Gasteiger partial charge in [0.2, 0.25) is 0 Å². The highest BCUT2D eigenvalue weighted by molar-refractivity contribution is 5.78. The molecule has 0 fully saturated rings. The highest BCUT2D eigenvalue weighted by Crippen LogP contribution is 2.29. The molecule has 0 spiro atoms. The second-order valence-corrected chi connectivity index (χ2v) is 4.40. The number of rotatable bonds is 1. The van der Waals surface area contributed by atoms with E-state index in [4.69, 9.17) is 4.74 Å². The Morgan fingerprint density at radius 3 is 3.17 bits per heavy atom. The van der Waals surface area contributed by atoms with Gasteiger partial charge in [0.15, 0.2) is 0 Å². The van der Waals surface area contributed by atoms with Crippen LogP contribution >= 0.6 is 0 Å². The summed E-state index contributed by atoms with van der Waals surface area (Å²) in [5.74, 6) is 1.88. The van der Waals surface area contributed by atoms with Gasteiger partial charge in [0, 0.05) is 18.2 Å². The topological polar surface area (TPSA) is 50.8 Å². The van der Waals surface area contributed by atoms with Crippen LogP contribution in [-0.2, 0) is 6.42 Å². The summed E-state index contributed by atoms with van der Waals surface area (Å²) in [6.45, 7) is 0.781. The third kappa shape index (κ3) is 1.39. The smallest absolute Gasteiger partial charge is 0.138 e. The van der Waals surface area contributed by atoms with Crippen LogP contribution in [0.2, 0.25) is 0 Å². The average Bonchev–Trinajstić information content (AvgIpc) is 3.04. The number of imidazole rings is 1. The van der Waals surface area contributed by atoms with Crippen molar-refractivity contribution in [2.45, 2.75) is 6.42 Å². The van der Waals surface area contributed by atoms with Crippen LogP contribution in [0.25, 0.3) is 22.4 Å². The third-order valence-electron chi connectivity index (χ3n) is 3.25. The van der Waals surface area contributed by atoms with Crippen LogP contribution in [0.5, 0.6) is 5.75 Å². The molecule has 0 amide bonds. The van der Waals surface area contributed by atoms with Gasteiger partial charge in [-0.05, 0) is 29.8 Å². The molecule has 3 heterocycles. The number of fused-ring (bicyclic) bond motifs is 2. The van der Waals surface area contributed by atoms with Crippen molar-refractivity contribution in [1.82, 2.24) is 15.0 Å². The molecular formula is C14H11N3O. The minimum Gasteiger partial charge on any atom is -0.493 e. The fourth-order valence-corrected chi connectivity index (χ4v) is 2.33. The minimum absolute atomic E-state index is 0.781. The second kappa shape index (κ2) is 3.57. The van der Waals surface area contributed by atoms with Crippen molar-refractivity contribution in [2.75, 3.05) is 6.61 Å². The highest BCUT2D eigenvalue weighted by atomic mass is 16.5. The summed E-state index contributed by atoms with van der Waals surface area (Å²) < 4.78 is 5.51. The summed E-state index contributed by atoms with van der Waals surface area (Å²) in [7, 11) is 0. The lowest BCUT2D eigenvalue weighted by molar-refractivity contribution is 0.357. The van der Waals surface area contributed by atoms with E-state index in [-0.39, 0.29) is 0 Å². The molecule has 0 radical (unpaired) electrons. The molecule has 0 saturated heterocycles. The lowest BCUT2D eigenvalue weighted by Crippen LogP contribution is -1.85. The first kappa shape index (κ1) is 9.65. The maximum absolute atomic E-state index is 5.51. The van der Waals surface area contributed by atoms with Gasteiger partial charge in [-0.3, -0.25) is 4.98 Å². The van der Waals surface area contributed by atoms with Crippen molar-refractivity contribution in [3.05, 3.63) is 42.2 Å². The standard InChI is InChI=1S/C14H11N3O/c1-2-13-9(4-6-18-13)7-10(1)14-16-11-3-5-15-8-12(11)17-14/h1-3,5,7-8H,4,6H2,(H,16,17). The number of hydrogen-bond donors (Lipinski definition) is 1. The first-order valence-electron chi connectivity index (χ1n) is 5.96. The van der Waals surface area contributed by atoms with Crippen molar-refractivity contribution < 1.29 is 4.74 Å². The van der Waals surface area contributed by atoms with Gasteiger partial charge in [-0.1, -0.05) is 0 Å². The quantitative estimate of drug-likeness (QED) is 0.707. The summed E-state index contributed by atoms with van der Waals surface area (Å²) in [6, 6.07) is 8.11. The Kier molecular flexibility index (Phi) is 1.91. The van der Waals surface area contributed by atoms with Crippen LogP contribution in [0.3, 0.4) is 0 Å². The van der Waals surface area contributed by atoms with E-state index >= 15 is 0 Å². The Balaban J connectivity index is 1.86. The van der Waals surface area contributed by atoms with Crippen molar-refractivity contribution >= 4 is 11.0 Å². The van der Waals surface area contributed by atoms with Gasteiger partial charge in [-0.25, -0.2) is 4.98 Å². The lowest BCUT2D eigenvalue weighted by atomic mass is 10.1. The average molecular weight is 237 g/mol. The fourth-order valence-electron chi connectivity index (χ4n) is 2.33. The zero-order valence-corrected chi connectivity index (χ0v) is 9.68. The predicted octanol–water partition coefficient (Wildman–Crippen LogP) is 2.56. The van der Waals surface area contributed by atoms with Gasteiger partial charge in [0.1, 0.15) is 11.6 Å². The van der Waals surface area contributed by atoms with E-state index in [1.165, 1.54) is 5.56 Å². The molecule has 1 aromatic carbocycles. The zero-order valence-electron chi connectivity index (χ0n) is 9.68. The van der Waals surface area contributed by atoms with Crippen LogP contribution in [-0.4, -0.2) is 21.6 Å². The number of aromatic nitrogens is 3. The molecule has 0 atom stereocenters. The number of benzene rings is 1. The summed E-state index contributed by atoms with van der Waals surface area (Å²) in [5, 5.41) is 0. The minimum atomic E-state index is 0.781. The van der Waals surface area contributed by atoms with Crippen LogP contribution < -0.4 is 4.74 Å². The van der Waals surface area contributed by atoms with Crippen LogP contribution in [0, 0.1) is 0 Å². The molecule has 2 aromatic heterocycles. The predicted molar refractivity (Wildman–Crippen MR) is 68.5 cm³/mol. The number of aromatic amines is 1. The Labute approximate surface area is 104 Å². The van der Waals surface area contributed by atoms with Gasteiger partial charge in [0.25, 0.3) is 0 Å². The molecule has 0 bridgehead atoms. The number of nitrogens with one attached hydrogen (secondary N) is 1. The number of pyridine rings is 1. The van der Waals surface area contributed by atoms with Crippen LogP contribution in [0.15, 0.2) is 36.7 Å². The summed E-state index contributed by atoms with van der Waals surface area (Å²) in [4.78, 5) is 11.9. The Morgan fingerprint density at radius 1 is 1.22 bits per heavy atom. The molecule has 0 aliphatic carbocycles. The molecule has 1 aliphatic heterocycles. The molecule has 4 nitrogen and oxygen atoms in total. The molecule has 4 rings (SSSR count). The molecule has 1 aliphatic rings. The van der Waals surface area contributed by atoms with Crippen molar-refractivity contribution in [2.24, 2.45) is 0 Å². The van der Waals surface area contributed by atoms with Crippen molar-refractivity contribution in [1.29, 1.82) is 0 Å². The van der Waals surface area contributed by atoms with E-state index in [1.807, 2.05) is 18.2 Å². The van der Waals surface area contributed by atoms with Crippen LogP contribution in [0.1, 0.15) is 5.56 Å². The van der Waals surface area contributed by atoms with Crippen molar-refractivity contribution in [3.63, 3.8) is 0 Å². The number of hydrogen-bond acceptors (Lipinski definition) is 3. The Morgan fingerprint density at radius 2 is 2.22 bits per heavy atom. The second-order valence-electron chi connectivity index (χ2n) is 4.40. The number of H-pyrrole nitrogens is 1. The maximum Gasteiger partial charge on any atom is 0.138 e. The SMILES string of the molecule is c1cc2nc(-c3ccc4c(c3)CCO4)[nH]c2cn1. The van der Waals surface area contributed by atoms with E-state index in [1.54, 1.807) is 12.4 Å². The summed E-state index contributed by atoms with van der Waals surface area (Å²) in [5.41, 5.74) is 4.25. The normalized spacial score (nSPS) is 13.6. The largest absolute Gasteiger partial charge is 0.493 e. The van der Waals surface area contributed by atoms with Crippen LogP contribution in [0.4, 0.5) is 0 Å². The molecule has 0 unspecified atom stereocenters. The lowest BCUT2D eigenvalue weighted by Gasteiger charge is -2.00. The summed E-state index contributed by atoms with van der Waals surface area (Å²) in [6.07, 6.45) is 4.52. The summed E-state index contributed by atoms with van der Waals surface area (Å²) >= 11 is 0. The van der Waals surface area contributed by atoms with E-state index < -0.39 is 0 Å². The molecule has 4 heteroatoms. The van der Waals surface area contributed by atoms with E-state index in [2.05, 4.69) is 21.0 Å². The monoisotopic (exact) mass is 237 g/mol. The van der Waals surface area contributed by atoms with Gasteiger partial charge < -0.3 is 9.72 Å². The molecule has 1 N–H and O–H groups in total. The maximum atomic E-state index is 5.51. The van der Waals surface area contributed by atoms with E-state index in [9.17, 15) is 0 Å². The zero-order chi connectivity index (χ0) is 11.9. The molecule has 3 aromatic rings. The number of nitrogens with zero attached hydrogens (tertiary/aromatic N) is 2. The molecule has 88 valence electrons. The first-order valence-corrected chi connectivity index (χ1v) is 5.96. The Bertz CT molecular complexity index is 700. The molecular weight excluding hydrogens is 226 g/mol. The Hall–Kier alpha value is -2.36. The van der Waals surface area contributed by atoms with Crippen molar-refractivity contribution in [3.8, 4) is 17.1 Å². The molecule has 0 saturated carbocycles.